The third-order valence-electron chi connectivity index (χ3n) is 1.70. The van der Waals surface area contributed by atoms with Crippen LogP contribution in [-0.2, 0) is 11.2 Å². The Morgan fingerprint density at radius 2 is 2.07 bits per heavy atom. The fourth-order valence-corrected chi connectivity index (χ4v) is 1.17. The quantitative estimate of drug-likeness (QED) is 0.770. The van der Waals surface area contributed by atoms with Crippen molar-refractivity contribution in [3.05, 3.63) is 11.6 Å². The second-order valence-corrected chi connectivity index (χ2v) is 4.58. The van der Waals surface area contributed by atoms with Crippen molar-refractivity contribution in [3.63, 3.8) is 0 Å². The van der Waals surface area contributed by atoms with Crippen molar-refractivity contribution in [2.24, 2.45) is 5.41 Å². The van der Waals surface area contributed by atoms with E-state index in [1.54, 1.807) is 6.92 Å². The first-order chi connectivity index (χ1) is 6.92. The average Bonchev–Trinajstić information content (AvgIpc) is 2.50. The molecule has 0 atom stereocenters. The lowest BCUT2D eigenvalue weighted by Gasteiger charge is -2.14. The van der Waals surface area contributed by atoms with Crippen LogP contribution < -0.4 is 0 Å². The molecule has 15 heavy (non-hydrogen) atoms. The highest BCUT2D eigenvalue weighted by molar-refractivity contribution is 5.84. The van der Waals surface area contributed by atoms with Gasteiger partial charge in [-0.1, -0.05) is 20.8 Å². The maximum absolute atomic E-state index is 11.3. The molecule has 5 nitrogen and oxygen atoms in total. The van der Waals surface area contributed by atoms with Gasteiger partial charge in [0.1, 0.15) is 5.82 Å². The molecule has 1 heterocycles. The number of ether oxygens (including phenoxy) is 1. The second kappa shape index (κ2) is 4.42. The van der Waals surface area contributed by atoms with Crippen LogP contribution >= 0.6 is 0 Å². The van der Waals surface area contributed by atoms with E-state index in [1.807, 2.05) is 0 Å². The van der Waals surface area contributed by atoms with Crippen LogP contribution in [-0.4, -0.2) is 27.8 Å². The summed E-state index contributed by atoms with van der Waals surface area (Å²) in [6.45, 7) is 8.39. The predicted octanol–water partition coefficient (Wildman–Crippen LogP) is 1.57. The number of nitrogens with zero attached hydrogens (tertiary/aromatic N) is 2. The highest BCUT2D eigenvalue weighted by Crippen LogP contribution is 2.17. The molecule has 0 aliphatic heterocycles. The van der Waals surface area contributed by atoms with Gasteiger partial charge in [0, 0.05) is 6.42 Å². The van der Waals surface area contributed by atoms with Gasteiger partial charge in [-0.25, -0.2) is 4.79 Å². The molecule has 0 aromatic carbocycles. The molecule has 0 saturated carbocycles. The molecule has 5 heteroatoms. The van der Waals surface area contributed by atoms with E-state index in [9.17, 15) is 4.79 Å². The lowest BCUT2D eigenvalue weighted by molar-refractivity contribution is 0.0512. The van der Waals surface area contributed by atoms with E-state index in [1.165, 1.54) is 0 Å². The number of hydrogen-bond donors (Lipinski definition) is 1. The molecule has 0 fully saturated rings. The second-order valence-electron chi connectivity index (χ2n) is 4.58. The molecular formula is C10H17N3O2. The minimum atomic E-state index is -0.454. The molecule has 0 radical (unpaired) electrons. The van der Waals surface area contributed by atoms with Gasteiger partial charge in [-0.05, 0) is 12.3 Å². The summed E-state index contributed by atoms with van der Waals surface area (Å²) >= 11 is 0. The number of hydrogen-bond acceptors (Lipinski definition) is 4. The number of esters is 1. The summed E-state index contributed by atoms with van der Waals surface area (Å²) in [6.07, 6.45) is 0.749. The molecular weight excluding hydrogens is 194 g/mol. The topological polar surface area (TPSA) is 67.9 Å². The Bertz CT molecular complexity index is 339. The zero-order chi connectivity index (χ0) is 11.5. The maximum Gasteiger partial charge on any atom is 0.376 e. The van der Waals surface area contributed by atoms with Gasteiger partial charge < -0.3 is 9.72 Å². The van der Waals surface area contributed by atoms with Crippen LogP contribution in [0.5, 0.6) is 0 Å². The van der Waals surface area contributed by atoms with Gasteiger partial charge in [0.05, 0.1) is 6.61 Å². The highest BCUT2D eigenvalue weighted by atomic mass is 16.5. The number of carbonyl (C=O) groups excluding carboxylic acids is 1. The number of nitrogens with one attached hydrogen (secondary N) is 1. The minimum Gasteiger partial charge on any atom is -0.460 e. The Labute approximate surface area is 89.2 Å². The van der Waals surface area contributed by atoms with Gasteiger partial charge in [0.2, 0.25) is 5.82 Å². The molecule has 0 saturated heterocycles. The Morgan fingerprint density at radius 1 is 1.40 bits per heavy atom. The molecule has 0 spiro atoms. The van der Waals surface area contributed by atoms with Gasteiger partial charge in [-0.3, -0.25) is 0 Å². The molecule has 0 amide bonds. The van der Waals surface area contributed by atoms with E-state index in [0.29, 0.717) is 12.4 Å². The van der Waals surface area contributed by atoms with E-state index in [0.717, 1.165) is 6.42 Å². The number of H-pyrrole nitrogens is 1. The molecule has 1 N–H and O–H groups in total. The van der Waals surface area contributed by atoms with Crippen molar-refractivity contribution in [2.45, 2.75) is 34.1 Å². The number of carbonyl (C=O) groups is 1. The average molecular weight is 211 g/mol. The number of aromatic nitrogens is 3. The van der Waals surface area contributed by atoms with Crippen molar-refractivity contribution < 1.29 is 9.53 Å². The van der Waals surface area contributed by atoms with E-state index in [-0.39, 0.29) is 11.2 Å². The number of rotatable bonds is 3. The van der Waals surface area contributed by atoms with Crippen LogP contribution in [0.3, 0.4) is 0 Å². The molecule has 0 aliphatic rings. The first kappa shape index (κ1) is 11.7. The first-order valence-corrected chi connectivity index (χ1v) is 5.01. The van der Waals surface area contributed by atoms with E-state index in [4.69, 9.17) is 4.74 Å². The highest BCUT2D eigenvalue weighted by Gasteiger charge is 2.17. The van der Waals surface area contributed by atoms with Crippen LogP contribution in [0.25, 0.3) is 0 Å². The van der Waals surface area contributed by atoms with E-state index in [2.05, 4.69) is 36.0 Å². The van der Waals surface area contributed by atoms with E-state index >= 15 is 0 Å². The Morgan fingerprint density at radius 3 is 2.60 bits per heavy atom. The fourth-order valence-electron chi connectivity index (χ4n) is 1.17. The molecule has 1 aromatic heterocycles. The maximum atomic E-state index is 11.3. The third kappa shape index (κ3) is 3.69. The Kier molecular flexibility index (Phi) is 3.44. The van der Waals surface area contributed by atoms with Gasteiger partial charge in [-0.2, -0.15) is 0 Å². The summed E-state index contributed by atoms with van der Waals surface area (Å²) < 4.78 is 4.80. The van der Waals surface area contributed by atoms with Crippen LogP contribution in [0, 0.1) is 5.41 Å². The smallest absolute Gasteiger partial charge is 0.376 e. The van der Waals surface area contributed by atoms with E-state index < -0.39 is 5.97 Å². The standard InChI is InChI=1S/C10H17N3O2/c1-5-15-9(14)8-11-7(12-13-8)6-10(2,3)4/h5-6H2,1-4H3,(H,11,12,13). The lowest BCUT2D eigenvalue weighted by atomic mass is 9.92. The summed E-state index contributed by atoms with van der Waals surface area (Å²) in [6, 6.07) is 0. The SMILES string of the molecule is CCOC(=O)c1nnc(CC(C)(C)C)[nH]1. The fraction of sp³-hybridized carbons (Fsp3) is 0.700. The van der Waals surface area contributed by atoms with Crippen molar-refractivity contribution in [2.75, 3.05) is 6.61 Å². The lowest BCUT2D eigenvalue weighted by Crippen LogP contribution is -2.11. The van der Waals surface area contributed by atoms with Gasteiger partial charge >= 0.3 is 5.97 Å². The van der Waals surface area contributed by atoms with Crippen molar-refractivity contribution in [1.82, 2.24) is 15.2 Å². The normalized spacial score (nSPS) is 11.5. The molecule has 1 rings (SSSR count). The summed E-state index contributed by atoms with van der Waals surface area (Å²) in [4.78, 5) is 14.1. The minimum absolute atomic E-state index is 0.117. The monoisotopic (exact) mass is 211 g/mol. The zero-order valence-corrected chi connectivity index (χ0v) is 9.63. The molecule has 1 aromatic rings. The Hall–Kier alpha value is -1.39. The largest absolute Gasteiger partial charge is 0.460 e. The predicted molar refractivity (Wildman–Crippen MR) is 55.5 cm³/mol. The number of aromatic amines is 1. The molecule has 0 aliphatic carbocycles. The zero-order valence-electron chi connectivity index (χ0n) is 9.63. The third-order valence-corrected chi connectivity index (χ3v) is 1.70. The first-order valence-electron chi connectivity index (χ1n) is 5.01. The van der Waals surface area contributed by atoms with Crippen LogP contribution in [0.2, 0.25) is 0 Å². The Balaban J connectivity index is 2.68. The van der Waals surface area contributed by atoms with Crippen LogP contribution in [0.1, 0.15) is 44.1 Å². The molecule has 0 bridgehead atoms. The molecule has 0 unspecified atom stereocenters. The summed E-state index contributed by atoms with van der Waals surface area (Å²) in [5, 5.41) is 7.64. The summed E-state index contributed by atoms with van der Waals surface area (Å²) in [5.41, 5.74) is 0.117. The van der Waals surface area contributed by atoms with Gasteiger partial charge in [0.25, 0.3) is 0 Å². The van der Waals surface area contributed by atoms with Crippen molar-refractivity contribution in [3.8, 4) is 0 Å². The summed E-state index contributed by atoms with van der Waals surface area (Å²) in [7, 11) is 0. The van der Waals surface area contributed by atoms with Crippen LogP contribution in [0.4, 0.5) is 0 Å². The summed E-state index contributed by atoms with van der Waals surface area (Å²) in [5.74, 6) is 0.437. The van der Waals surface area contributed by atoms with Crippen molar-refractivity contribution >= 4 is 5.97 Å². The van der Waals surface area contributed by atoms with Crippen LogP contribution in [0.15, 0.2) is 0 Å². The van der Waals surface area contributed by atoms with Crippen molar-refractivity contribution in [1.29, 1.82) is 0 Å². The van der Waals surface area contributed by atoms with Gasteiger partial charge in [0.15, 0.2) is 0 Å². The molecule has 84 valence electrons. The van der Waals surface area contributed by atoms with Gasteiger partial charge in [-0.15, -0.1) is 10.2 Å².